The summed E-state index contributed by atoms with van der Waals surface area (Å²) in [5.74, 6) is 0.701. The van der Waals surface area contributed by atoms with Crippen molar-refractivity contribution in [2.24, 2.45) is 5.92 Å². The fourth-order valence-electron chi connectivity index (χ4n) is 0.999. The first-order valence-corrected chi connectivity index (χ1v) is 4.48. The summed E-state index contributed by atoms with van der Waals surface area (Å²) in [6.45, 7) is 9.45. The Balaban J connectivity index is 3.17. The highest BCUT2D eigenvalue weighted by molar-refractivity contribution is 4.93. The highest BCUT2D eigenvalue weighted by atomic mass is 14.8. The summed E-state index contributed by atoms with van der Waals surface area (Å²) in [7, 11) is 2.00. The largest absolute Gasteiger partial charge is 0.320 e. The zero-order valence-electron chi connectivity index (χ0n) is 8.11. The molecule has 0 radical (unpaired) electrons. The van der Waals surface area contributed by atoms with Crippen LogP contribution in [0.15, 0.2) is 12.2 Å². The fraction of sp³-hybridized carbons (Fsp3) is 0.800. The summed E-state index contributed by atoms with van der Waals surface area (Å²) >= 11 is 0. The highest BCUT2D eigenvalue weighted by Crippen LogP contribution is 2.14. The average Bonchev–Trinajstić information content (AvgIpc) is 1.97. The van der Waals surface area contributed by atoms with E-state index in [0.29, 0.717) is 5.92 Å². The van der Waals surface area contributed by atoms with Crippen molar-refractivity contribution in [2.45, 2.75) is 33.1 Å². The first-order chi connectivity index (χ1) is 5.18. The van der Waals surface area contributed by atoms with Gasteiger partial charge in [0.2, 0.25) is 0 Å². The molecule has 0 spiro atoms. The Morgan fingerprint density at radius 2 is 2.09 bits per heavy atom. The van der Waals surface area contributed by atoms with Gasteiger partial charge in [-0.15, -0.1) is 0 Å². The monoisotopic (exact) mass is 155 g/mol. The van der Waals surface area contributed by atoms with Crippen LogP contribution in [0.5, 0.6) is 0 Å². The molecule has 0 aromatic carbocycles. The molecule has 0 aliphatic carbocycles. The lowest BCUT2D eigenvalue weighted by Gasteiger charge is -2.09. The molecule has 0 aliphatic rings. The van der Waals surface area contributed by atoms with Crippen molar-refractivity contribution in [1.82, 2.24) is 5.32 Å². The SMILES string of the molecule is C=C(C)C(C)CCCCNC. The molecule has 0 aromatic heterocycles. The van der Waals surface area contributed by atoms with Gasteiger partial charge in [-0.3, -0.25) is 0 Å². The Bertz CT molecular complexity index is 107. The van der Waals surface area contributed by atoms with Crippen molar-refractivity contribution in [3.8, 4) is 0 Å². The molecule has 1 nitrogen and oxygen atoms in total. The lowest BCUT2D eigenvalue weighted by molar-refractivity contribution is 0.550. The molecule has 0 fully saturated rings. The van der Waals surface area contributed by atoms with Crippen LogP contribution in [0.25, 0.3) is 0 Å². The van der Waals surface area contributed by atoms with E-state index in [1.807, 2.05) is 7.05 Å². The van der Waals surface area contributed by atoms with Crippen molar-refractivity contribution >= 4 is 0 Å². The highest BCUT2D eigenvalue weighted by Gasteiger charge is 2.00. The van der Waals surface area contributed by atoms with Gasteiger partial charge in [0.15, 0.2) is 0 Å². The minimum atomic E-state index is 0.701. The van der Waals surface area contributed by atoms with Crippen molar-refractivity contribution < 1.29 is 0 Å². The van der Waals surface area contributed by atoms with Gasteiger partial charge in [0, 0.05) is 0 Å². The molecule has 1 unspecified atom stereocenters. The lowest BCUT2D eigenvalue weighted by Crippen LogP contribution is -2.07. The molecule has 66 valence electrons. The minimum Gasteiger partial charge on any atom is -0.320 e. The fourth-order valence-corrected chi connectivity index (χ4v) is 0.999. The Morgan fingerprint density at radius 3 is 2.55 bits per heavy atom. The van der Waals surface area contributed by atoms with E-state index < -0.39 is 0 Å². The van der Waals surface area contributed by atoms with E-state index >= 15 is 0 Å². The molecule has 1 atom stereocenters. The van der Waals surface area contributed by atoms with Gasteiger partial charge in [-0.2, -0.15) is 0 Å². The number of hydrogen-bond acceptors (Lipinski definition) is 1. The van der Waals surface area contributed by atoms with E-state index in [-0.39, 0.29) is 0 Å². The number of unbranched alkanes of at least 4 members (excludes halogenated alkanes) is 1. The van der Waals surface area contributed by atoms with Crippen molar-refractivity contribution in [2.75, 3.05) is 13.6 Å². The molecule has 0 aliphatic heterocycles. The van der Waals surface area contributed by atoms with E-state index in [1.54, 1.807) is 0 Å². The first kappa shape index (κ1) is 10.7. The first-order valence-electron chi connectivity index (χ1n) is 4.48. The molecular formula is C10H21N. The Morgan fingerprint density at radius 1 is 1.45 bits per heavy atom. The van der Waals surface area contributed by atoms with E-state index in [4.69, 9.17) is 0 Å². The maximum atomic E-state index is 3.94. The summed E-state index contributed by atoms with van der Waals surface area (Å²) in [5.41, 5.74) is 1.31. The van der Waals surface area contributed by atoms with Gasteiger partial charge in [-0.25, -0.2) is 0 Å². The molecule has 0 rings (SSSR count). The molecule has 0 bridgehead atoms. The third kappa shape index (κ3) is 6.11. The molecule has 0 saturated heterocycles. The van der Waals surface area contributed by atoms with Crippen molar-refractivity contribution in [3.05, 3.63) is 12.2 Å². The van der Waals surface area contributed by atoms with Crippen LogP contribution in [0.1, 0.15) is 33.1 Å². The zero-order valence-corrected chi connectivity index (χ0v) is 8.11. The average molecular weight is 155 g/mol. The smallest absolute Gasteiger partial charge is 0.00519 e. The second-order valence-corrected chi connectivity index (χ2v) is 3.35. The molecule has 1 N–H and O–H groups in total. The van der Waals surface area contributed by atoms with Crippen LogP contribution < -0.4 is 5.32 Å². The predicted molar refractivity (Wildman–Crippen MR) is 51.8 cm³/mol. The zero-order chi connectivity index (χ0) is 8.69. The molecule has 0 heterocycles. The van der Waals surface area contributed by atoms with Crippen LogP contribution in [0.3, 0.4) is 0 Å². The summed E-state index contributed by atoms with van der Waals surface area (Å²) in [4.78, 5) is 0. The maximum Gasteiger partial charge on any atom is -0.00519 e. The van der Waals surface area contributed by atoms with Gasteiger partial charge in [0.05, 0.1) is 0 Å². The van der Waals surface area contributed by atoms with Crippen LogP contribution in [0.4, 0.5) is 0 Å². The van der Waals surface area contributed by atoms with Crippen molar-refractivity contribution in [3.63, 3.8) is 0 Å². The normalized spacial score (nSPS) is 13.0. The third-order valence-electron chi connectivity index (χ3n) is 2.16. The number of nitrogens with one attached hydrogen (secondary N) is 1. The van der Waals surface area contributed by atoms with E-state index in [0.717, 1.165) is 6.54 Å². The summed E-state index contributed by atoms with van der Waals surface area (Å²) < 4.78 is 0. The summed E-state index contributed by atoms with van der Waals surface area (Å²) in [6.07, 6.45) is 3.89. The van der Waals surface area contributed by atoms with E-state index in [9.17, 15) is 0 Å². The second kappa shape index (κ2) is 6.41. The molecule has 0 amide bonds. The summed E-state index contributed by atoms with van der Waals surface area (Å²) in [6, 6.07) is 0. The van der Waals surface area contributed by atoms with Crippen LogP contribution in [0.2, 0.25) is 0 Å². The topological polar surface area (TPSA) is 12.0 Å². The lowest BCUT2D eigenvalue weighted by atomic mass is 9.98. The maximum absolute atomic E-state index is 3.94. The van der Waals surface area contributed by atoms with Crippen LogP contribution in [-0.4, -0.2) is 13.6 Å². The second-order valence-electron chi connectivity index (χ2n) is 3.35. The van der Waals surface area contributed by atoms with Crippen LogP contribution in [0, 0.1) is 5.92 Å². The van der Waals surface area contributed by atoms with E-state index in [1.165, 1.54) is 24.8 Å². The van der Waals surface area contributed by atoms with Crippen LogP contribution in [-0.2, 0) is 0 Å². The Labute approximate surface area is 70.9 Å². The van der Waals surface area contributed by atoms with E-state index in [2.05, 4.69) is 25.7 Å². The summed E-state index contributed by atoms with van der Waals surface area (Å²) in [5, 5.41) is 3.15. The predicted octanol–water partition coefficient (Wildman–Crippen LogP) is 2.59. The Kier molecular flexibility index (Phi) is 6.24. The number of rotatable bonds is 6. The standard InChI is InChI=1S/C10H21N/c1-9(2)10(3)7-5-6-8-11-4/h10-11H,1,5-8H2,2-4H3. The quantitative estimate of drug-likeness (QED) is 0.459. The molecule has 11 heavy (non-hydrogen) atoms. The third-order valence-corrected chi connectivity index (χ3v) is 2.16. The number of allylic oxidation sites excluding steroid dienone is 1. The molecule has 0 saturated carbocycles. The van der Waals surface area contributed by atoms with Gasteiger partial charge in [-0.05, 0) is 39.3 Å². The van der Waals surface area contributed by atoms with Gasteiger partial charge >= 0.3 is 0 Å². The van der Waals surface area contributed by atoms with Crippen molar-refractivity contribution in [1.29, 1.82) is 0 Å². The van der Waals surface area contributed by atoms with Gasteiger partial charge in [-0.1, -0.05) is 25.5 Å². The van der Waals surface area contributed by atoms with Gasteiger partial charge in [0.25, 0.3) is 0 Å². The van der Waals surface area contributed by atoms with Gasteiger partial charge < -0.3 is 5.32 Å². The van der Waals surface area contributed by atoms with Gasteiger partial charge in [0.1, 0.15) is 0 Å². The molecular weight excluding hydrogens is 134 g/mol. The molecule has 1 heteroatoms. The Hall–Kier alpha value is -0.300. The van der Waals surface area contributed by atoms with Crippen LogP contribution >= 0.6 is 0 Å². The number of hydrogen-bond donors (Lipinski definition) is 1. The minimum absolute atomic E-state index is 0.701. The molecule has 0 aromatic rings.